The van der Waals surface area contributed by atoms with Crippen molar-refractivity contribution in [2.45, 2.75) is 25.9 Å². The number of amides is 2. The van der Waals surface area contributed by atoms with Gasteiger partial charge in [-0.1, -0.05) is 12.1 Å². The summed E-state index contributed by atoms with van der Waals surface area (Å²) in [4.78, 5) is 23.6. The monoisotopic (exact) mass is 358 g/mol. The number of sulfone groups is 1. The Bertz CT molecular complexity index is 722. The van der Waals surface area contributed by atoms with E-state index < -0.39 is 33.6 Å². The van der Waals surface area contributed by atoms with E-state index in [0.29, 0.717) is 6.42 Å². The van der Waals surface area contributed by atoms with Crippen LogP contribution >= 0.6 is 0 Å². The highest BCUT2D eigenvalue weighted by Gasteiger charge is 2.29. The van der Waals surface area contributed by atoms with Crippen molar-refractivity contribution in [1.82, 2.24) is 10.9 Å². The molecule has 0 aliphatic carbocycles. The summed E-state index contributed by atoms with van der Waals surface area (Å²) in [6, 6.07) is 5.66. The first kappa shape index (κ1) is 18.2. The summed E-state index contributed by atoms with van der Waals surface area (Å²) in [6.45, 7) is 1.41. The van der Waals surface area contributed by atoms with Crippen LogP contribution in [0.1, 0.15) is 19.8 Å². The van der Waals surface area contributed by atoms with E-state index in [-0.39, 0.29) is 29.6 Å². The molecule has 0 radical (unpaired) electrons. The van der Waals surface area contributed by atoms with Crippen LogP contribution in [0.2, 0.25) is 0 Å². The molecule has 0 saturated carbocycles. The molecule has 1 fully saturated rings. The summed E-state index contributed by atoms with van der Waals surface area (Å²) in [5, 5.41) is 0. The molecule has 132 valence electrons. The van der Waals surface area contributed by atoms with E-state index in [4.69, 9.17) is 4.74 Å². The van der Waals surface area contributed by atoms with Crippen LogP contribution in [0, 0.1) is 11.7 Å². The summed E-state index contributed by atoms with van der Waals surface area (Å²) in [5.74, 6) is -1.95. The molecule has 2 amide bonds. The first-order valence-electron chi connectivity index (χ1n) is 7.47. The molecule has 7 nitrogen and oxygen atoms in total. The Labute approximate surface area is 139 Å². The van der Waals surface area contributed by atoms with E-state index in [1.165, 1.54) is 25.1 Å². The lowest BCUT2D eigenvalue weighted by Gasteiger charge is -2.16. The van der Waals surface area contributed by atoms with Crippen molar-refractivity contribution in [2.24, 2.45) is 5.92 Å². The van der Waals surface area contributed by atoms with Crippen LogP contribution in [-0.4, -0.2) is 37.8 Å². The van der Waals surface area contributed by atoms with E-state index in [1.54, 1.807) is 6.07 Å². The van der Waals surface area contributed by atoms with E-state index in [2.05, 4.69) is 10.9 Å². The molecule has 9 heteroatoms. The first-order valence-corrected chi connectivity index (χ1v) is 9.29. The fraction of sp³-hybridized carbons (Fsp3) is 0.467. The van der Waals surface area contributed by atoms with Gasteiger partial charge in [-0.2, -0.15) is 0 Å². The molecule has 0 bridgehead atoms. The van der Waals surface area contributed by atoms with Gasteiger partial charge in [0, 0.05) is 6.42 Å². The highest BCUT2D eigenvalue weighted by molar-refractivity contribution is 7.91. The average molecular weight is 358 g/mol. The van der Waals surface area contributed by atoms with E-state index >= 15 is 0 Å². The molecule has 0 unspecified atom stereocenters. The fourth-order valence-corrected chi connectivity index (χ4v) is 4.23. The molecular weight excluding hydrogens is 339 g/mol. The number of ether oxygens (including phenoxy) is 1. The van der Waals surface area contributed by atoms with Crippen molar-refractivity contribution >= 4 is 21.7 Å². The number of hydrazine groups is 1. The Kier molecular flexibility index (Phi) is 5.76. The third kappa shape index (κ3) is 5.19. The number of benzene rings is 1. The number of hydrogen-bond donors (Lipinski definition) is 2. The first-order chi connectivity index (χ1) is 11.3. The Balaban J connectivity index is 1.76. The van der Waals surface area contributed by atoms with Crippen molar-refractivity contribution in [3.63, 3.8) is 0 Å². The zero-order valence-electron chi connectivity index (χ0n) is 13.1. The van der Waals surface area contributed by atoms with Gasteiger partial charge >= 0.3 is 0 Å². The second kappa shape index (κ2) is 7.61. The van der Waals surface area contributed by atoms with Gasteiger partial charge < -0.3 is 4.74 Å². The molecule has 1 aliphatic heterocycles. The molecular formula is C15H19FN2O5S. The van der Waals surface area contributed by atoms with Crippen molar-refractivity contribution in [3.05, 3.63) is 30.1 Å². The topological polar surface area (TPSA) is 102 Å². The van der Waals surface area contributed by atoms with Crippen LogP contribution < -0.4 is 15.6 Å². The van der Waals surface area contributed by atoms with Crippen molar-refractivity contribution in [3.8, 4) is 5.75 Å². The van der Waals surface area contributed by atoms with Crippen LogP contribution in [-0.2, 0) is 19.4 Å². The van der Waals surface area contributed by atoms with Gasteiger partial charge in [0.2, 0.25) is 5.91 Å². The third-order valence-corrected chi connectivity index (χ3v) is 5.47. The Morgan fingerprint density at radius 3 is 2.67 bits per heavy atom. The zero-order valence-corrected chi connectivity index (χ0v) is 13.9. The van der Waals surface area contributed by atoms with Crippen molar-refractivity contribution in [1.29, 1.82) is 0 Å². The van der Waals surface area contributed by atoms with E-state index in [9.17, 15) is 22.4 Å². The predicted octanol–water partition coefficient (Wildman–Crippen LogP) is 0.565. The number of para-hydroxylation sites is 1. The van der Waals surface area contributed by atoms with Gasteiger partial charge in [-0.3, -0.25) is 20.4 Å². The highest BCUT2D eigenvalue weighted by atomic mass is 32.2. The lowest BCUT2D eigenvalue weighted by atomic mass is 10.1. The maximum atomic E-state index is 13.4. The SMILES string of the molecule is C[C@H](Oc1ccccc1F)C(=O)NNC(=O)C[C@@H]1CCS(=O)(=O)C1. The summed E-state index contributed by atoms with van der Waals surface area (Å²) in [5.41, 5.74) is 4.39. The highest BCUT2D eigenvalue weighted by Crippen LogP contribution is 2.21. The minimum atomic E-state index is -3.05. The third-order valence-electron chi connectivity index (χ3n) is 3.64. The van der Waals surface area contributed by atoms with Crippen LogP contribution in [0.15, 0.2) is 24.3 Å². The molecule has 0 aromatic heterocycles. The van der Waals surface area contributed by atoms with E-state index in [1.807, 2.05) is 0 Å². The molecule has 1 aliphatic rings. The van der Waals surface area contributed by atoms with Crippen LogP contribution in [0.25, 0.3) is 0 Å². The van der Waals surface area contributed by atoms with E-state index in [0.717, 1.165) is 0 Å². The molecule has 1 aromatic carbocycles. The summed E-state index contributed by atoms with van der Waals surface area (Å²) < 4.78 is 41.3. The van der Waals surface area contributed by atoms with Crippen LogP contribution in [0.3, 0.4) is 0 Å². The van der Waals surface area contributed by atoms with Gasteiger partial charge in [0.05, 0.1) is 11.5 Å². The number of hydrogen-bond acceptors (Lipinski definition) is 5. The molecule has 2 atom stereocenters. The quantitative estimate of drug-likeness (QED) is 0.749. The van der Waals surface area contributed by atoms with Gasteiger partial charge in [0.25, 0.3) is 5.91 Å². The average Bonchev–Trinajstić information content (AvgIpc) is 2.85. The van der Waals surface area contributed by atoms with Crippen molar-refractivity contribution in [2.75, 3.05) is 11.5 Å². The van der Waals surface area contributed by atoms with Gasteiger partial charge in [0.15, 0.2) is 27.5 Å². The van der Waals surface area contributed by atoms with Crippen LogP contribution in [0.5, 0.6) is 5.75 Å². The summed E-state index contributed by atoms with van der Waals surface area (Å²) in [6.07, 6.45) is -0.562. The van der Waals surface area contributed by atoms with Crippen molar-refractivity contribution < 1.29 is 27.1 Å². The Morgan fingerprint density at radius 1 is 1.33 bits per heavy atom. The second-order valence-electron chi connectivity index (χ2n) is 5.70. The van der Waals surface area contributed by atoms with Gasteiger partial charge in [0.1, 0.15) is 0 Å². The Hall–Kier alpha value is -2.16. The standard InChI is InChI=1S/C15H19FN2O5S/c1-10(23-13-5-3-2-4-12(13)16)15(20)18-17-14(19)8-11-6-7-24(21,22)9-11/h2-5,10-11H,6-9H2,1H3,(H,17,19)(H,18,20)/t10-,11-/m0/s1. The number of carbonyl (C=O) groups is 2. The molecule has 24 heavy (non-hydrogen) atoms. The minimum absolute atomic E-state index is 0.0127. The van der Waals surface area contributed by atoms with Gasteiger partial charge in [-0.25, -0.2) is 12.8 Å². The predicted molar refractivity (Wildman–Crippen MR) is 84.2 cm³/mol. The Morgan fingerprint density at radius 2 is 2.04 bits per heavy atom. The summed E-state index contributed by atoms with van der Waals surface area (Å²) in [7, 11) is -3.05. The molecule has 0 spiro atoms. The molecule has 1 heterocycles. The number of rotatable bonds is 5. The minimum Gasteiger partial charge on any atom is -0.478 e. The van der Waals surface area contributed by atoms with Gasteiger partial charge in [-0.05, 0) is 31.4 Å². The smallest absolute Gasteiger partial charge is 0.279 e. The number of nitrogens with one attached hydrogen (secondary N) is 2. The maximum Gasteiger partial charge on any atom is 0.279 e. The molecule has 1 aromatic rings. The zero-order chi connectivity index (χ0) is 17.7. The lowest BCUT2D eigenvalue weighted by Crippen LogP contribution is -2.47. The molecule has 2 rings (SSSR count). The number of carbonyl (C=O) groups excluding carboxylic acids is 2. The molecule has 2 N–H and O–H groups in total. The molecule has 1 saturated heterocycles. The second-order valence-corrected chi connectivity index (χ2v) is 7.93. The van der Waals surface area contributed by atoms with Crippen LogP contribution in [0.4, 0.5) is 4.39 Å². The lowest BCUT2D eigenvalue weighted by molar-refractivity contribution is -0.133. The largest absolute Gasteiger partial charge is 0.478 e. The summed E-state index contributed by atoms with van der Waals surface area (Å²) >= 11 is 0. The number of halogens is 1. The fourth-order valence-electron chi connectivity index (χ4n) is 2.36. The van der Waals surface area contributed by atoms with Gasteiger partial charge in [-0.15, -0.1) is 0 Å². The normalized spacial score (nSPS) is 20.2. The maximum absolute atomic E-state index is 13.4.